The minimum absolute atomic E-state index is 0.263. The van der Waals surface area contributed by atoms with E-state index in [9.17, 15) is 12.8 Å². The molecule has 6 heteroatoms. The monoisotopic (exact) mass is 309 g/mol. The quantitative estimate of drug-likeness (QED) is 0.834. The molecule has 21 heavy (non-hydrogen) atoms. The zero-order valence-electron chi connectivity index (χ0n) is 11.5. The molecule has 0 saturated heterocycles. The average Bonchev–Trinajstić information content (AvgIpc) is 2.45. The van der Waals surface area contributed by atoms with E-state index < -0.39 is 9.84 Å². The van der Waals surface area contributed by atoms with Crippen LogP contribution in [0.1, 0.15) is 0 Å². The van der Waals surface area contributed by atoms with E-state index >= 15 is 0 Å². The molecule has 0 unspecified atom stereocenters. The number of hydrogen-bond acceptors (Lipinski definition) is 4. The molecule has 0 amide bonds. The SMILES string of the molecule is CS(=O)(=O)c1ccc(OCCNc2ccc(F)cc2)cc1. The molecule has 0 aromatic heterocycles. The summed E-state index contributed by atoms with van der Waals surface area (Å²) in [6.45, 7) is 0.967. The van der Waals surface area contributed by atoms with Gasteiger partial charge in [-0.15, -0.1) is 0 Å². The highest BCUT2D eigenvalue weighted by Gasteiger charge is 2.06. The molecule has 0 spiro atoms. The van der Waals surface area contributed by atoms with Crippen molar-refractivity contribution in [1.29, 1.82) is 0 Å². The van der Waals surface area contributed by atoms with Gasteiger partial charge in [-0.1, -0.05) is 0 Å². The van der Waals surface area contributed by atoms with Crippen molar-refractivity contribution in [3.63, 3.8) is 0 Å². The summed E-state index contributed by atoms with van der Waals surface area (Å²) < 4.78 is 40.8. The molecule has 0 aliphatic rings. The lowest BCUT2D eigenvalue weighted by Gasteiger charge is -2.09. The summed E-state index contributed by atoms with van der Waals surface area (Å²) in [4.78, 5) is 0.263. The first-order chi connectivity index (χ1) is 9.95. The molecule has 0 atom stereocenters. The molecule has 112 valence electrons. The highest BCUT2D eigenvalue weighted by Crippen LogP contribution is 2.15. The van der Waals surface area contributed by atoms with Gasteiger partial charge in [0.15, 0.2) is 9.84 Å². The first kappa shape index (κ1) is 15.3. The predicted molar refractivity (Wildman–Crippen MR) is 79.9 cm³/mol. The Bertz CT molecular complexity index is 682. The van der Waals surface area contributed by atoms with Crippen LogP contribution >= 0.6 is 0 Å². The van der Waals surface area contributed by atoms with E-state index in [1.165, 1.54) is 24.3 Å². The molecule has 0 aliphatic carbocycles. The molecule has 2 aromatic carbocycles. The predicted octanol–water partition coefficient (Wildman–Crippen LogP) is 2.72. The van der Waals surface area contributed by atoms with Crippen molar-refractivity contribution >= 4 is 15.5 Å². The van der Waals surface area contributed by atoms with Crippen LogP contribution in [-0.2, 0) is 9.84 Å². The Morgan fingerprint density at radius 1 is 1.05 bits per heavy atom. The third kappa shape index (κ3) is 4.75. The van der Waals surface area contributed by atoms with E-state index in [0.29, 0.717) is 18.9 Å². The Morgan fingerprint density at radius 2 is 1.67 bits per heavy atom. The summed E-state index contributed by atoms with van der Waals surface area (Å²) in [5.41, 5.74) is 0.812. The zero-order chi connectivity index (χ0) is 15.3. The van der Waals surface area contributed by atoms with E-state index in [0.717, 1.165) is 11.9 Å². The van der Waals surface area contributed by atoms with Gasteiger partial charge >= 0.3 is 0 Å². The summed E-state index contributed by atoms with van der Waals surface area (Å²) in [6, 6.07) is 12.3. The van der Waals surface area contributed by atoms with Crippen molar-refractivity contribution in [2.75, 3.05) is 24.7 Å². The number of hydrogen-bond donors (Lipinski definition) is 1. The lowest BCUT2D eigenvalue weighted by molar-refractivity contribution is 0.332. The second kappa shape index (κ2) is 6.58. The summed E-state index contributed by atoms with van der Waals surface area (Å²) in [5, 5.41) is 3.09. The minimum atomic E-state index is -3.18. The van der Waals surface area contributed by atoms with Gasteiger partial charge in [0.2, 0.25) is 0 Å². The van der Waals surface area contributed by atoms with Crippen LogP contribution in [0.25, 0.3) is 0 Å². The van der Waals surface area contributed by atoms with Gasteiger partial charge in [-0.2, -0.15) is 0 Å². The van der Waals surface area contributed by atoms with Crippen LogP contribution in [0, 0.1) is 5.82 Å². The van der Waals surface area contributed by atoms with Gasteiger partial charge in [0.25, 0.3) is 0 Å². The molecule has 1 N–H and O–H groups in total. The van der Waals surface area contributed by atoms with Crippen molar-refractivity contribution in [2.24, 2.45) is 0 Å². The lowest BCUT2D eigenvalue weighted by Crippen LogP contribution is -2.11. The summed E-state index contributed by atoms with van der Waals surface area (Å²) >= 11 is 0. The Labute approximate surface area is 123 Å². The largest absolute Gasteiger partial charge is 0.492 e. The standard InChI is InChI=1S/C15H16FNO3S/c1-21(18,19)15-8-6-14(7-9-15)20-11-10-17-13-4-2-12(16)3-5-13/h2-9,17H,10-11H2,1H3. The number of rotatable bonds is 6. The van der Waals surface area contributed by atoms with E-state index in [1.54, 1.807) is 24.3 Å². The summed E-state index contributed by atoms with van der Waals surface area (Å²) in [5.74, 6) is 0.325. The van der Waals surface area contributed by atoms with Gasteiger partial charge in [0.1, 0.15) is 18.2 Å². The summed E-state index contributed by atoms with van der Waals surface area (Å²) in [7, 11) is -3.18. The first-order valence-electron chi connectivity index (χ1n) is 6.37. The molecule has 0 radical (unpaired) electrons. The Hall–Kier alpha value is -2.08. The molecule has 2 aromatic rings. The molecule has 4 nitrogen and oxygen atoms in total. The Kier molecular flexibility index (Phi) is 4.80. The van der Waals surface area contributed by atoms with Gasteiger partial charge in [0.05, 0.1) is 4.90 Å². The van der Waals surface area contributed by atoms with Crippen molar-refractivity contribution in [3.05, 3.63) is 54.3 Å². The van der Waals surface area contributed by atoms with Crippen LogP contribution in [-0.4, -0.2) is 27.8 Å². The van der Waals surface area contributed by atoms with Gasteiger partial charge in [-0.05, 0) is 48.5 Å². The van der Waals surface area contributed by atoms with Gasteiger partial charge in [-0.25, -0.2) is 12.8 Å². The smallest absolute Gasteiger partial charge is 0.175 e. The summed E-state index contributed by atoms with van der Waals surface area (Å²) in [6.07, 6.45) is 1.16. The second-order valence-electron chi connectivity index (χ2n) is 4.53. The van der Waals surface area contributed by atoms with E-state index in [1.807, 2.05) is 0 Å². The number of ether oxygens (including phenoxy) is 1. The van der Waals surface area contributed by atoms with Crippen LogP contribution < -0.4 is 10.1 Å². The van der Waals surface area contributed by atoms with Crippen LogP contribution in [0.15, 0.2) is 53.4 Å². The number of halogens is 1. The van der Waals surface area contributed by atoms with Gasteiger partial charge < -0.3 is 10.1 Å². The van der Waals surface area contributed by atoms with Crippen molar-refractivity contribution in [3.8, 4) is 5.75 Å². The Morgan fingerprint density at radius 3 is 2.24 bits per heavy atom. The van der Waals surface area contributed by atoms with Crippen LogP contribution in [0.2, 0.25) is 0 Å². The fourth-order valence-corrected chi connectivity index (χ4v) is 2.35. The van der Waals surface area contributed by atoms with Crippen LogP contribution in [0.4, 0.5) is 10.1 Å². The fourth-order valence-electron chi connectivity index (χ4n) is 1.72. The van der Waals surface area contributed by atoms with E-state index in [4.69, 9.17) is 4.74 Å². The minimum Gasteiger partial charge on any atom is -0.492 e. The topological polar surface area (TPSA) is 55.4 Å². The molecule has 0 fully saturated rings. The number of anilines is 1. The van der Waals surface area contributed by atoms with Gasteiger partial charge in [0, 0.05) is 18.5 Å². The maximum Gasteiger partial charge on any atom is 0.175 e. The van der Waals surface area contributed by atoms with Crippen LogP contribution in [0.5, 0.6) is 5.75 Å². The molecule has 0 saturated carbocycles. The van der Waals surface area contributed by atoms with Crippen molar-refractivity contribution < 1.29 is 17.5 Å². The second-order valence-corrected chi connectivity index (χ2v) is 6.54. The average molecular weight is 309 g/mol. The number of sulfone groups is 1. The maximum atomic E-state index is 12.7. The molecular formula is C15H16FNO3S. The number of benzene rings is 2. The molecule has 0 heterocycles. The molecule has 0 aliphatic heterocycles. The van der Waals surface area contributed by atoms with Crippen molar-refractivity contribution in [2.45, 2.75) is 4.90 Å². The lowest BCUT2D eigenvalue weighted by atomic mass is 10.3. The third-order valence-electron chi connectivity index (χ3n) is 2.80. The highest BCUT2D eigenvalue weighted by atomic mass is 32.2. The highest BCUT2D eigenvalue weighted by molar-refractivity contribution is 7.90. The zero-order valence-corrected chi connectivity index (χ0v) is 12.4. The van der Waals surface area contributed by atoms with E-state index in [2.05, 4.69) is 5.32 Å². The van der Waals surface area contributed by atoms with Crippen LogP contribution in [0.3, 0.4) is 0 Å². The van der Waals surface area contributed by atoms with E-state index in [-0.39, 0.29) is 10.7 Å². The van der Waals surface area contributed by atoms with Gasteiger partial charge in [-0.3, -0.25) is 0 Å². The normalized spacial score (nSPS) is 11.1. The third-order valence-corrected chi connectivity index (χ3v) is 3.92. The molecular weight excluding hydrogens is 293 g/mol. The van der Waals surface area contributed by atoms with Crippen molar-refractivity contribution in [1.82, 2.24) is 0 Å². The first-order valence-corrected chi connectivity index (χ1v) is 8.27. The molecule has 2 rings (SSSR count). The number of nitrogens with one attached hydrogen (secondary N) is 1. The molecule has 0 bridgehead atoms. The maximum absolute atomic E-state index is 12.7. The fraction of sp³-hybridized carbons (Fsp3) is 0.200. The Balaban J connectivity index is 1.80.